The zero-order chi connectivity index (χ0) is 21.0. The smallest absolute Gasteiger partial charge is 0.260 e. The lowest BCUT2D eigenvalue weighted by atomic mass is 10.1. The van der Waals surface area contributed by atoms with E-state index in [1.807, 2.05) is 13.8 Å². The van der Waals surface area contributed by atoms with Crippen molar-refractivity contribution < 1.29 is 23.1 Å². The lowest BCUT2D eigenvalue weighted by Gasteiger charge is -2.44. The van der Waals surface area contributed by atoms with Gasteiger partial charge in [-0.3, -0.25) is 14.5 Å². The first kappa shape index (κ1) is 20.9. The first-order valence-electron chi connectivity index (χ1n) is 9.53. The molecule has 29 heavy (non-hydrogen) atoms. The molecule has 1 amide bonds. The minimum atomic E-state index is -0.673. The first-order chi connectivity index (χ1) is 13.9. The Morgan fingerprint density at radius 2 is 1.83 bits per heavy atom. The number of benzene rings is 2. The standard InChI is InChI=1S/C22H24F2N2O3/c1-15-11-26(16(2)10-25(15)12-17-6-8-19(23)9-7-17)21(28)14-29-22-18(13-27)4-3-5-20(22)24/h3-9,13,15-16H,10-12,14H2,1-2H3. The highest BCUT2D eigenvalue weighted by molar-refractivity contribution is 5.81. The normalized spacial score (nSPS) is 19.8. The van der Waals surface area contributed by atoms with Crippen LogP contribution in [0.5, 0.6) is 5.75 Å². The van der Waals surface area contributed by atoms with Crippen molar-refractivity contribution in [1.29, 1.82) is 0 Å². The fourth-order valence-electron chi connectivity index (χ4n) is 3.58. The number of hydrogen-bond acceptors (Lipinski definition) is 4. The predicted octanol–water partition coefficient (Wildman–Crippen LogP) is 3.28. The molecule has 0 radical (unpaired) electrons. The molecule has 1 heterocycles. The van der Waals surface area contributed by atoms with Gasteiger partial charge in [-0.2, -0.15) is 0 Å². The number of halogens is 2. The largest absolute Gasteiger partial charge is 0.480 e. The highest BCUT2D eigenvalue weighted by Crippen LogP contribution is 2.22. The van der Waals surface area contributed by atoms with E-state index in [9.17, 15) is 18.4 Å². The van der Waals surface area contributed by atoms with Crippen LogP contribution in [-0.2, 0) is 11.3 Å². The van der Waals surface area contributed by atoms with Gasteiger partial charge in [-0.1, -0.05) is 18.2 Å². The Balaban J connectivity index is 1.60. The molecule has 7 heteroatoms. The van der Waals surface area contributed by atoms with E-state index in [0.29, 0.717) is 25.9 Å². The lowest BCUT2D eigenvalue weighted by Crippen LogP contribution is -2.58. The highest BCUT2D eigenvalue weighted by Gasteiger charge is 2.32. The van der Waals surface area contributed by atoms with Crippen molar-refractivity contribution in [2.24, 2.45) is 0 Å². The molecule has 0 bridgehead atoms. The molecular weight excluding hydrogens is 378 g/mol. The molecule has 3 rings (SSSR count). The Hall–Kier alpha value is -2.80. The van der Waals surface area contributed by atoms with Gasteiger partial charge in [-0.15, -0.1) is 0 Å². The molecule has 154 valence electrons. The van der Waals surface area contributed by atoms with Gasteiger partial charge in [-0.25, -0.2) is 8.78 Å². The van der Waals surface area contributed by atoms with Crippen molar-refractivity contribution in [3.8, 4) is 5.75 Å². The van der Waals surface area contributed by atoms with Crippen LogP contribution in [0.1, 0.15) is 29.8 Å². The van der Waals surface area contributed by atoms with Gasteiger partial charge in [0.1, 0.15) is 5.82 Å². The number of carbonyl (C=O) groups excluding carboxylic acids is 2. The molecule has 2 aromatic rings. The van der Waals surface area contributed by atoms with Crippen LogP contribution in [0.15, 0.2) is 42.5 Å². The number of para-hydroxylation sites is 1. The highest BCUT2D eigenvalue weighted by atomic mass is 19.1. The van der Waals surface area contributed by atoms with Crippen molar-refractivity contribution in [3.63, 3.8) is 0 Å². The second-order valence-corrected chi connectivity index (χ2v) is 7.36. The lowest BCUT2D eigenvalue weighted by molar-refractivity contribution is -0.139. The van der Waals surface area contributed by atoms with Crippen molar-refractivity contribution in [2.45, 2.75) is 32.5 Å². The van der Waals surface area contributed by atoms with E-state index < -0.39 is 5.82 Å². The van der Waals surface area contributed by atoms with Gasteiger partial charge >= 0.3 is 0 Å². The number of ether oxygens (including phenoxy) is 1. The van der Waals surface area contributed by atoms with Gasteiger partial charge in [0, 0.05) is 31.7 Å². The third-order valence-electron chi connectivity index (χ3n) is 5.20. The van der Waals surface area contributed by atoms with Gasteiger partial charge in [0.2, 0.25) is 0 Å². The molecule has 2 atom stereocenters. The van der Waals surface area contributed by atoms with Crippen molar-refractivity contribution >= 4 is 12.2 Å². The number of carbonyl (C=O) groups is 2. The van der Waals surface area contributed by atoms with Crippen LogP contribution < -0.4 is 4.74 Å². The molecule has 0 N–H and O–H groups in total. The molecular formula is C22H24F2N2O3. The summed E-state index contributed by atoms with van der Waals surface area (Å²) in [6.45, 7) is 5.46. The number of nitrogens with zero attached hydrogens (tertiary/aromatic N) is 2. The van der Waals surface area contributed by atoms with Gasteiger partial charge in [0.25, 0.3) is 5.91 Å². The van der Waals surface area contributed by atoms with Crippen molar-refractivity contribution in [1.82, 2.24) is 9.80 Å². The van der Waals surface area contributed by atoms with Gasteiger partial charge in [0.05, 0.1) is 5.56 Å². The Labute approximate surface area is 168 Å². The number of amides is 1. The van der Waals surface area contributed by atoms with Crippen LogP contribution >= 0.6 is 0 Å². The summed E-state index contributed by atoms with van der Waals surface area (Å²) in [5, 5.41) is 0. The molecule has 1 aliphatic rings. The second-order valence-electron chi connectivity index (χ2n) is 7.36. The monoisotopic (exact) mass is 402 g/mol. The van der Waals surface area contributed by atoms with E-state index in [1.165, 1.54) is 30.3 Å². The average Bonchev–Trinajstić information content (AvgIpc) is 2.70. The third kappa shape index (κ3) is 4.98. The summed E-state index contributed by atoms with van der Waals surface area (Å²) in [5.41, 5.74) is 1.08. The van der Waals surface area contributed by atoms with E-state index in [-0.39, 0.29) is 41.7 Å². The zero-order valence-electron chi connectivity index (χ0n) is 16.5. The predicted molar refractivity (Wildman–Crippen MR) is 105 cm³/mol. The SMILES string of the molecule is CC1CN(C(=O)COc2c(F)cccc2C=O)C(C)CN1Cc1ccc(F)cc1. The molecule has 5 nitrogen and oxygen atoms in total. The summed E-state index contributed by atoms with van der Waals surface area (Å²) in [7, 11) is 0. The fourth-order valence-corrected chi connectivity index (χ4v) is 3.58. The molecule has 0 saturated carbocycles. The van der Waals surface area contributed by atoms with E-state index in [2.05, 4.69) is 4.90 Å². The van der Waals surface area contributed by atoms with E-state index >= 15 is 0 Å². The molecule has 0 aromatic heterocycles. The van der Waals surface area contributed by atoms with E-state index in [4.69, 9.17) is 4.74 Å². The first-order valence-corrected chi connectivity index (χ1v) is 9.53. The maximum Gasteiger partial charge on any atom is 0.260 e. The van der Waals surface area contributed by atoms with Gasteiger partial charge in [0.15, 0.2) is 24.5 Å². The zero-order valence-corrected chi connectivity index (χ0v) is 16.5. The van der Waals surface area contributed by atoms with Crippen LogP contribution in [0.3, 0.4) is 0 Å². The Morgan fingerprint density at radius 3 is 2.52 bits per heavy atom. The summed E-state index contributed by atoms with van der Waals surface area (Å²) < 4.78 is 32.4. The molecule has 1 aliphatic heterocycles. The van der Waals surface area contributed by atoms with Crippen molar-refractivity contribution in [2.75, 3.05) is 19.7 Å². The molecule has 1 fully saturated rings. The minimum Gasteiger partial charge on any atom is -0.480 e. The molecule has 0 spiro atoms. The maximum atomic E-state index is 13.9. The third-order valence-corrected chi connectivity index (χ3v) is 5.20. The minimum absolute atomic E-state index is 0.0612. The van der Waals surface area contributed by atoms with Crippen molar-refractivity contribution in [3.05, 3.63) is 65.2 Å². The molecule has 2 aromatic carbocycles. The van der Waals surface area contributed by atoms with Gasteiger partial charge in [-0.05, 0) is 43.7 Å². The van der Waals surface area contributed by atoms with Gasteiger partial charge < -0.3 is 9.64 Å². The Morgan fingerprint density at radius 1 is 1.10 bits per heavy atom. The maximum absolute atomic E-state index is 13.9. The van der Waals surface area contributed by atoms with E-state index in [0.717, 1.165) is 5.56 Å². The van der Waals surface area contributed by atoms with Crippen LogP contribution in [0.2, 0.25) is 0 Å². The topological polar surface area (TPSA) is 49.9 Å². The number of piperazine rings is 1. The number of aldehydes is 1. The number of rotatable bonds is 6. The average molecular weight is 402 g/mol. The fraction of sp³-hybridized carbons (Fsp3) is 0.364. The Kier molecular flexibility index (Phi) is 6.59. The van der Waals surface area contributed by atoms with Crippen LogP contribution in [0.25, 0.3) is 0 Å². The number of hydrogen-bond donors (Lipinski definition) is 0. The molecule has 1 saturated heterocycles. The molecule has 2 unspecified atom stereocenters. The quantitative estimate of drug-likeness (QED) is 0.696. The Bertz CT molecular complexity index is 873. The summed E-state index contributed by atoms with van der Waals surface area (Å²) in [6, 6.07) is 10.5. The summed E-state index contributed by atoms with van der Waals surface area (Å²) in [5.74, 6) is -1.40. The van der Waals surface area contributed by atoms with Crippen LogP contribution in [0.4, 0.5) is 8.78 Å². The molecule has 0 aliphatic carbocycles. The van der Waals surface area contributed by atoms with Crippen LogP contribution in [-0.4, -0.2) is 53.8 Å². The second kappa shape index (κ2) is 9.13. The van der Waals surface area contributed by atoms with Crippen LogP contribution in [0, 0.1) is 11.6 Å². The van der Waals surface area contributed by atoms with E-state index in [1.54, 1.807) is 17.0 Å². The summed E-state index contributed by atoms with van der Waals surface area (Å²) >= 11 is 0. The summed E-state index contributed by atoms with van der Waals surface area (Å²) in [4.78, 5) is 27.7. The summed E-state index contributed by atoms with van der Waals surface area (Å²) in [6.07, 6.45) is 0.502.